The monoisotopic (exact) mass is 395 g/mol. The zero-order valence-electron chi connectivity index (χ0n) is 16.1. The molecule has 0 spiro atoms. The van der Waals surface area contributed by atoms with Gasteiger partial charge in [-0.3, -0.25) is 4.79 Å². The van der Waals surface area contributed by atoms with E-state index < -0.39 is 11.2 Å². The van der Waals surface area contributed by atoms with Crippen molar-refractivity contribution in [3.8, 4) is 0 Å². The van der Waals surface area contributed by atoms with Gasteiger partial charge in [0, 0.05) is 5.69 Å². The summed E-state index contributed by atoms with van der Waals surface area (Å²) in [6.45, 7) is 3.22. The molecule has 3 aliphatic rings. The van der Waals surface area contributed by atoms with E-state index in [4.69, 9.17) is 0 Å². The second-order valence-electron chi connectivity index (χ2n) is 8.19. The Morgan fingerprint density at radius 2 is 1.96 bits per heavy atom. The molecular weight excluding hydrogens is 370 g/mol. The maximum Gasteiger partial charge on any atom is 0.273 e. The summed E-state index contributed by atoms with van der Waals surface area (Å²) in [6, 6.07) is 8.34. The maximum atomic E-state index is 13.2. The number of pyridine rings is 1. The molecule has 2 unspecified atom stereocenters. The number of rotatable bonds is 3. The Morgan fingerprint density at radius 1 is 1.21 bits per heavy atom. The molecule has 1 aromatic heterocycles. The van der Waals surface area contributed by atoms with Crippen molar-refractivity contribution in [2.24, 2.45) is 0 Å². The number of nitrogens with zero attached hydrogens (tertiary/aromatic N) is 2. The molecule has 1 N–H and O–H groups in total. The molecule has 1 aliphatic heterocycles. The fraction of sp³-hybridized carbons (Fsp3) is 0.455. The fourth-order valence-corrected chi connectivity index (χ4v) is 6.09. The maximum absolute atomic E-state index is 13.2. The van der Waals surface area contributed by atoms with Gasteiger partial charge in [0.1, 0.15) is 17.2 Å². The lowest BCUT2D eigenvalue weighted by atomic mass is 9.89. The second kappa shape index (κ2) is 7.08. The first kappa shape index (κ1) is 18.0. The summed E-state index contributed by atoms with van der Waals surface area (Å²) in [7, 11) is 0. The molecule has 2 heterocycles. The van der Waals surface area contributed by atoms with Crippen LogP contribution in [0, 0.1) is 6.92 Å². The first-order chi connectivity index (χ1) is 13.6. The zero-order chi connectivity index (χ0) is 19.3. The Kier molecular flexibility index (Phi) is 4.56. The normalized spacial score (nSPS) is 23.7. The predicted molar refractivity (Wildman–Crippen MR) is 112 cm³/mol. The lowest BCUT2D eigenvalue weighted by Crippen LogP contribution is -2.44. The molecule has 6 heteroatoms. The number of aromatic nitrogens is 1. The summed E-state index contributed by atoms with van der Waals surface area (Å²) in [4.78, 5) is 19.7. The van der Waals surface area contributed by atoms with Crippen LogP contribution in [0.1, 0.15) is 58.3 Å². The molecule has 0 radical (unpaired) electrons. The van der Waals surface area contributed by atoms with Crippen LogP contribution in [0.4, 0.5) is 11.4 Å². The van der Waals surface area contributed by atoms with Gasteiger partial charge < -0.3 is 14.8 Å². The number of benzene rings is 1. The van der Waals surface area contributed by atoms with Gasteiger partial charge in [-0.25, -0.2) is 4.98 Å². The van der Waals surface area contributed by atoms with Gasteiger partial charge in [0.05, 0.1) is 25.0 Å². The summed E-state index contributed by atoms with van der Waals surface area (Å²) >= 11 is -0.787. The van der Waals surface area contributed by atoms with Crippen molar-refractivity contribution < 1.29 is 9.35 Å². The van der Waals surface area contributed by atoms with Gasteiger partial charge in [-0.2, -0.15) is 0 Å². The molecule has 5 nitrogen and oxygen atoms in total. The smallest absolute Gasteiger partial charge is 0.273 e. The standard InChI is InChI=1S/C22H25N3O2S/c1-14-3-2-4-17(11-14)24-18-13-23-21(20-16-6-5-15(12-16)19(18)20)22(26)25-7-9-28(27)10-8-25/h2-4,11,13,15-16,24H,5-10,12H2,1H3. The number of carbonyl (C=O) groups is 1. The van der Waals surface area contributed by atoms with E-state index in [2.05, 4.69) is 41.5 Å². The Bertz CT molecular complexity index is 924. The third-order valence-corrected chi connectivity index (χ3v) is 7.65. The fourth-order valence-electron chi connectivity index (χ4n) is 5.04. The highest BCUT2D eigenvalue weighted by Crippen LogP contribution is 2.56. The van der Waals surface area contributed by atoms with Gasteiger partial charge >= 0.3 is 0 Å². The summed E-state index contributed by atoms with van der Waals surface area (Å²) in [5.74, 6) is 2.14. The number of hydrogen-bond donors (Lipinski definition) is 1. The average molecular weight is 396 g/mol. The van der Waals surface area contributed by atoms with E-state index in [1.54, 1.807) is 0 Å². The molecule has 1 aromatic carbocycles. The van der Waals surface area contributed by atoms with Crippen molar-refractivity contribution in [2.75, 3.05) is 29.9 Å². The second-order valence-corrected chi connectivity index (χ2v) is 9.89. The number of nitrogens with one attached hydrogen (secondary N) is 1. The Balaban J connectivity index is 1.50. The van der Waals surface area contributed by atoms with Gasteiger partial charge in [0.15, 0.2) is 0 Å². The van der Waals surface area contributed by atoms with Crippen LogP contribution in [0.2, 0.25) is 0 Å². The van der Waals surface area contributed by atoms with Gasteiger partial charge in [0.2, 0.25) is 0 Å². The topological polar surface area (TPSA) is 68.3 Å². The number of anilines is 2. The molecule has 1 amide bonds. The minimum atomic E-state index is -0.787. The molecule has 2 fully saturated rings. The van der Waals surface area contributed by atoms with E-state index in [0.717, 1.165) is 24.2 Å². The zero-order valence-corrected chi connectivity index (χ0v) is 16.9. The van der Waals surface area contributed by atoms with Crippen molar-refractivity contribution in [3.05, 3.63) is 52.8 Å². The summed E-state index contributed by atoms with van der Waals surface area (Å²) in [5, 5.41) is 3.55. The van der Waals surface area contributed by atoms with E-state index in [1.807, 2.05) is 11.1 Å². The number of aryl methyl sites for hydroxylation is 1. The number of amides is 1. The molecule has 1 saturated carbocycles. The van der Waals surface area contributed by atoms with Crippen molar-refractivity contribution in [1.29, 1.82) is 0 Å². The molecule has 1 saturated heterocycles. The molecule has 2 atom stereocenters. The van der Waals surface area contributed by atoms with Crippen LogP contribution in [-0.4, -0.2) is 44.9 Å². The van der Waals surface area contributed by atoms with E-state index in [9.17, 15) is 9.35 Å². The number of carbonyl (C=O) groups excluding carboxylic acids is 1. The first-order valence-corrected chi connectivity index (χ1v) is 11.6. The van der Waals surface area contributed by atoms with Crippen LogP contribution in [0.3, 0.4) is 0 Å². The number of fused-ring (bicyclic) bond motifs is 5. The van der Waals surface area contributed by atoms with E-state index in [-0.39, 0.29) is 5.91 Å². The highest BCUT2D eigenvalue weighted by Gasteiger charge is 2.42. The van der Waals surface area contributed by atoms with Crippen LogP contribution in [-0.2, 0) is 11.2 Å². The summed E-state index contributed by atoms with van der Waals surface area (Å²) < 4.78 is 11.7. The molecule has 146 valence electrons. The van der Waals surface area contributed by atoms with Crippen molar-refractivity contribution >= 4 is 28.5 Å². The predicted octanol–water partition coefficient (Wildman–Crippen LogP) is 3.70. The largest absolute Gasteiger partial charge is 0.616 e. The van der Waals surface area contributed by atoms with Crippen molar-refractivity contribution in [2.45, 2.75) is 38.0 Å². The van der Waals surface area contributed by atoms with Gasteiger partial charge in [-0.05, 0) is 66.8 Å². The summed E-state index contributed by atoms with van der Waals surface area (Å²) in [5.41, 5.74) is 6.42. The van der Waals surface area contributed by atoms with Crippen molar-refractivity contribution in [1.82, 2.24) is 9.88 Å². The van der Waals surface area contributed by atoms with E-state index in [0.29, 0.717) is 42.1 Å². The van der Waals surface area contributed by atoms with Crippen LogP contribution >= 0.6 is 0 Å². The summed E-state index contributed by atoms with van der Waals surface area (Å²) in [6.07, 6.45) is 5.32. The highest BCUT2D eigenvalue weighted by atomic mass is 32.2. The highest BCUT2D eigenvalue weighted by molar-refractivity contribution is 7.91. The SMILES string of the molecule is Cc1cccc(Nc2cnc(C(=O)N3CC[S+]([O-])CC3)c3c2C2CCC3C2)c1. The molecule has 28 heavy (non-hydrogen) atoms. The van der Waals surface area contributed by atoms with E-state index in [1.165, 1.54) is 23.1 Å². The Morgan fingerprint density at radius 3 is 2.71 bits per heavy atom. The molecular formula is C22H25N3O2S. The van der Waals surface area contributed by atoms with Crippen molar-refractivity contribution in [3.63, 3.8) is 0 Å². The number of hydrogen-bond acceptors (Lipinski definition) is 4. The third kappa shape index (κ3) is 3.08. The lowest BCUT2D eigenvalue weighted by Gasteiger charge is -2.29. The molecule has 2 bridgehead atoms. The molecule has 5 rings (SSSR count). The van der Waals surface area contributed by atoms with E-state index >= 15 is 0 Å². The first-order valence-electron chi connectivity index (χ1n) is 10.1. The minimum Gasteiger partial charge on any atom is -0.616 e. The third-order valence-electron chi connectivity index (χ3n) is 6.37. The van der Waals surface area contributed by atoms with Crippen LogP contribution in [0.15, 0.2) is 30.5 Å². The Labute approximate surface area is 168 Å². The average Bonchev–Trinajstić information content (AvgIpc) is 3.31. The van der Waals surface area contributed by atoms with Crippen LogP contribution < -0.4 is 5.32 Å². The Hall–Kier alpha value is -2.05. The quantitative estimate of drug-likeness (QED) is 0.805. The lowest BCUT2D eigenvalue weighted by molar-refractivity contribution is 0.0762. The van der Waals surface area contributed by atoms with Crippen LogP contribution in [0.25, 0.3) is 0 Å². The van der Waals surface area contributed by atoms with Gasteiger partial charge in [-0.15, -0.1) is 0 Å². The van der Waals surface area contributed by atoms with Crippen LogP contribution in [0.5, 0.6) is 0 Å². The van der Waals surface area contributed by atoms with Gasteiger partial charge in [0.25, 0.3) is 5.91 Å². The molecule has 2 aromatic rings. The minimum absolute atomic E-state index is 0.0163. The molecule has 2 aliphatic carbocycles. The van der Waals surface area contributed by atoms with Gasteiger partial charge in [-0.1, -0.05) is 23.3 Å².